The van der Waals surface area contributed by atoms with Gasteiger partial charge in [0.25, 0.3) is 0 Å². The number of rotatable bonds is 3. The number of amides is 3. The van der Waals surface area contributed by atoms with Crippen LogP contribution < -0.4 is 11.1 Å². The highest BCUT2D eigenvalue weighted by Gasteiger charge is 2.52. The molecule has 246 valence electrons. The molecule has 0 saturated carbocycles. The molecule has 10 nitrogen and oxygen atoms in total. The average molecular weight is 623 g/mol. The van der Waals surface area contributed by atoms with E-state index in [9.17, 15) is 23.2 Å². The van der Waals surface area contributed by atoms with Crippen LogP contribution in [0.3, 0.4) is 0 Å². The van der Waals surface area contributed by atoms with E-state index in [2.05, 4.69) is 5.32 Å². The predicted molar refractivity (Wildman–Crippen MR) is 160 cm³/mol. The highest BCUT2D eigenvalue weighted by molar-refractivity contribution is 5.71. The molecule has 4 aliphatic rings. The summed E-state index contributed by atoms with van der Waals surface area (Å²) in [5.74, 6) is 0. The van der Waals surface area contributed by atoms with E-state index in [0.29, 0.717) is 32.1 Å². The number of alkyl halides is 2. The minimum Gasteiger partial charge on any atom is -0.445 e. The van der Waals surface area contributed by atoms with Crippen molar-refractivity contribution in [2.24, 2.45) is 5.73 Å². The van der Waals surface area contributed by atoms with Gasteiger partial charge in [-0.1, -0.05) is 30.3 Å². The van der Waals surface area contributed by atoms with E-state index in [1.54, 1.807) is 25.7 Å². The van der Waals surface area contributed by atoms with Crippen LogP contribution in [0.2, 0.25) is 0 Å². The number of piperidine rings is 2. The zero-order valence-electron chi connectivity index (χ0n) is 26.6. The van der Waals surface area contributed by atoms with E-state index in [0.717, 1.165) is 12.0 Å². The summed E-state index contributed by atoms with van der Waals surface area (Å²) in [6.07, 6.45) is -0.296. The van der Waals surface area contributed by atoms with Crippen LogP contribution in [0.1, 0.15) is 85.6 Å². The van der Waals surface area contributed by atoms with Gasteiger partial charge in [0.1, 0.15) is 30.2 Å². The Labute approximate surface area is 258 Å². The summed E-state index contributed by atoms with van der Waals surface area (Å²) < 4.78 is 44.9. The second kappa shape index (κ2) is 13.5. The summed E-state index contributed by atoms with van der Waals surface area (Å²) >= 11 is 0. The Balaban J connectivity index is 0.000000223. The molecule has 4 aliphatic heterocycles. The maximum absolute atomic E-state index is 15.0. The molecule has 44 heavy (non-hydrogen) atoms. The fraction of sp³-hybridized carbons (Fsp3) is 0.719. The Morgan fingerprint density at radius 2 is 1.32 bits per heavy atom. The summed E-state index contributed by atoms with van der Waals surface area (Å²) in [5.41, 5.74) is 5.43. The molecular formula is C32H48F2N4O6. The molecule has 0 aliphatic carbocycles. The minimum absolute atomic E-state index is 0.0526. The summed E-state index contributed by atoms with van der Waals surface area (Å²) in [4.78, 5) is 39.6. The molecule has 4 bridgehead atoms. The molecule has 8 atom stereocenters. The van der Waals surface area contributed by atoms with Gasteiger partial charge in [0.2, 0.25) is 0 Å². The third-order valence-corrected chi connectivity index (χ3v) is 8.42. The Morgan fingerprint density at radius 3 is 1.84 bits per heavy atom. The van der Waals surface area contributed by atoms with Crippen LogP contribution in [0.5, 0.6) is 0 Å². The molecule has 0 aromatic heterocycles. The summed E-state index contributed by atoms with van der Waals surface area (Å²) in [6, 6.07) is 7.16. The van der Waals surface area contributed by atoms with Gasteiger partial charge in [0, 0.05) is 18.1 Å². The van der Waals surface area contributed by atoms with E-state index in [4.69, 9.17) is 19.9 Å². The van der Waals surface area contributed by atoms with Gasteiger partial charge >= 0.3 is 18.3 Å². The topological polar surface area (TPSA) is 123 Å². The number of carbonyl (C=O) groups excluding carboxylic acids is 3. The molecule has 1 aromatic carbocycles. The number of halogens is 2. The van der Waals surface area contributed by atoms with Gasteiger partial charge in [0.05, 0.1) is 18.1 Å². The van der Waals surface area contributed by atoms with E-state index < -0.39 is 66.0 Å². The maximum Gasteiger partial charge on any atom is 0.410 e. The number of nitrogens with zero attached hydrogens (tertiary/aromatic N) is 2. The first-order valence-electron chi connectivity index (χ1n) is 15.6. The van der Waals surface area contributed by atoms with Crippen molar-refractivity contribution < 1.29 is 37.4 Å². The summed E-state index contributed by atoms with van der Waals surface area (Å²) in [7, 11) is 0. The lowest BCUT2D eigenvalue weighted by Crippen LogP contribution is -2.60. The number of nitrogens with two attached hydrogens (primary N) is 1. The van der Waals surface area contributed by atoms with Crippen molar-refractivity contribution in [3.63, 3.8) is 0 Å². The van der Waals surface area contributed by atoms with Crippen molar-refractivity contribution in [3.8, 4) is 0 Å². The number of nitrogens with one attached hydrogen (secondary N) is 1. The first kappa shape index (κ1) is 33.7. The van der Waals surface area contributed by atoms with E-state index in [-0.39, 0.29) is 18.7 Å². The number of hydrogen-bond donors (Lipinski definition) is 2. The third-order valence-electron chi connectivity index (χ3n) is 8.42. The van der Waals surface area contributed by atoms with E-state index in [1.807, 2.05) is 51.1 Å². The van der Waals surface area contributed by atoms with Gasteiger partial charge < -0.3 is 25.3 Å². The lowest BCUT2D eigenvalue weighted by Gasteiger charge is -2.41. The van der Waals surface area contributed by atoms with Crippen molar-refractivity contribution in [3.05, 3.63) is 35.9 Å². The lowest BCUT2D eigenvalue weighted by molar-refractivity contribution is -0.0135. The molecule has 12 heteroatoms. The van der Waals surface area contributed by atoms with Crippen LogP contribution in [0, 0.1) is 0 Å². The number of alkyl carbamates (subject to hydrolysis) is 1. The fourth-order valence-corrected chi connectivity index (χ4v) is 6.59. The number of ether oxygens (including phenoxy) is 3. The Kier molecular flexibility index (Phi) is 10.3. The minimum atomic E-state index is -1.35. The summed E-state index contributed by atoms with van der Waals surface area (Å²) in [6.45, 7) is 10.9. The summed E-state index contributed by atoms with van der Waals surface area (Å²) in [5, 5.41) is 2.63. The predicted octanol–water partition coefficient (Wildman–Crippen LogP) is 5.61. The van der Waals surface area contributed by atoms with Crippen LogP contribution in [-0.2, 0) is 20.8 Å². The average Bonchev–Trinajstić information content (AvgIpc) is 3.46. The Hall–Kier alpha value is -3.15. The smallest absolute Gasteiger partial charge is 0.410 e. The largest absolute Gasteiger partial charge is 0.445 e. The van der Waals surface area contributed by atoms with Crippen LogP contribution >= 0.6 is 0 Å². The van der Waals surface area contributed by atoms with Crippen LogP contribution in [0.15, 0.2) is 30.3 Å². The Morgan fingerprint density at radius 1 is 0.818 bits per heavy atom. The molecule has 3 N–H and O–H groups in total. The SMILES string of the molecule is CC(C)(C)OC(=O)N1[C@@H]2CC[C@H]1[C@H](F)[C@H](N)C2.CC(C)(C)OC(=O)N1[C@@H]2CC[C@H]1[C@H](F)[C@H](NC(=O)OCc1ccccc1)C2. The van der Waals surface area contributed by atoms with Gasteiger partial charge in [-0.2, -0.15) is 0 Å². The molecule has 3 amide bonds. The van der Waals surface area contributed by atoms with Crippen LogP contribution in [-0.4, -0.2) is 87.9 Å². The monoisotopic (exact) mass is 622 g/mol. The molecule has 1 aromatic rings. The van der Waals surface area contributed by atoms with Crippen molar-refractivity contribution in [2.75, 3.05) is 0 Å². The number of hydrogen-bond acceptors (Lipinski definition) is 7. The molecule has 4 fully saturated rings. The van der Waals surface area contributed by atoms with Crippen LogP contribution in [0.25, 0.3) is 0 Å². The highest BCUT2D eigenvalue weighted by Crippen LogP contribution is 2.39. The molecule has 5 rings (SSSR count). The lowest BCUT2D eigenvalue weighted by atomic mass is 9.96. The number of fused-ring (bicyclic) bond motifs is 4. The van der Waals surface area contributed by atoms with Crippen molar-refractivity contribution in [1.82, 2.24) is 15.1 Å². The zero-order chi connectivity index (χ0) is 32.4. The van der Waals surface area contributed by atoms with Crippen molar-refractivity contribution in [2.45, 2.75) is 146 Å². The van der Waals surface area contributed by atoms with Crippen LogP contribution in [0.4, 0.5) is 23.2 Å². The molecule has 0 spiro atoms. The third kappa shape index (κ3) is 8.31. The van der Waals surface area contributed by atoms with Gasteiger partial charge in [-0.15, -0.1) is 0 Å². The molecule has 4 heterocycles. The maximum atomic E-state index is 15.0. The van der Waals surface area contributed by atoms with Crippen molar-refractivity contribution >= 4 is 18.3 Å². The molecule has 4 saturated heterocycles. The molecule has 0 unspecified atom stereocenters. The van der Waals surface area contributed by atoms with E-state index >= 15 is 0 Å². The van der Waals surface area contributed by atoms with Gasteiger partial charge in [-0.3, -0.25) is 9.80 Å². The first-order valence-corrected chi connectivity index (χ1v) is 15.6. The first-order chi connectivity index (χ1) is 20.5. The second-order valence-electron chi connectivity index (χ2n) is 14.2. The van der Waals surface area contributed by atoms with E-state index in [1.165, 1.54) is 4.90 Å². The molecular weight excluding hydrogens is 574 g/mol. The number of carbonyl (C=O) groups is 3. The van der Waals surface area contributed by atoms with Crippen molar-refractivity contribution in [1.29, 1.82) is 0 Å². The molecule has 0 radical (unpaired) electrons. The standard InChI is InChI=1S/C20H27FN2O4.C12H21FN2O2/c1-20(2,3)27-19(25)23-14-9-10-16(23)17(21)15(11-14)22-18(24)26-12-13-7-5-4-6-8-13;1-12(2,3)17-11(16)15-7-4-5-9(15)10(13)8(14)6-7/h4-8,14-17H,9-12H2,1-3H3,(H,22,24);7-10H,4-6,14H2,1-3H3/t14-,15-,16+,17-;7-,8-,9+,10-/m11/s1. The normalized spacial score (nSPS) is 31.0. The highest BCUT2D eigenvalue weighted by atomic mass is 19.1. The van der Waals surface area contributed by atoms with Gasteiger partial charge in [-0.25, -0.2) is 23.2 Å². The second-order valence-corrected chi connectivity index (χ2v) is 14.2. The zero-order valence-corrected chi connectivity index (χ0v) is 26.6. The fourth-order valence-electron chi connectivity index (χ4n) is 6.59. The quantitative estimate of drug-likeness (QED) is 0.420. The van der Waals surface area contributed by atoms with Gasteiger partial charge in [0.15, 0.2) is 0 Å². The number of benzene rings is 1. The Bertz CT molecular complexity index is 1160. The van der Waals surface area contributed by atoms with Gasteiger partial charge in [-0.05, 0) is 85.6 Å².